The van der Waals surface area contributed by atoms with E-state index < -0.39 is 16.7 Å². The number of methoxy groups -OCH3 is 1. The standard InChI is InChI=1S/C20H19N3O7/c1-22(11-19(24)21-14-4-3-5-15(9-14)28-2)20(25)7-6-13-8-17-18(30-12-29-17)10-16(13)23(26)27/h3-10H,11-12H2,1-2H3,(H,21,24)/b7-6+. The minimum Gasteiger partial charge on any atom is -0.497 e. The molecule has 0 radical (unpaired) electrons. The molecular formula is C20H19N3O7. The molecule has 0 saturated carbocycles. The van der Waals surface area contributed by atoms with Crippen molar-refractivity contribution in [2.24, 2.45) is 0 Å². The second kappa shape index (κ2) is 8.95. The first-order valence-electron chi connectivity index (χ1n) is 8.82. The molecule has 0 atom stereocenters. The number of nitrogens with zero attached hydrogens (tertiary/aromatic N) is 2. The van der Waals surface area contributed by atoms with E-state index in [2.05, 4.69) is 5.32 Å². The quantitative estimate of drug-likeness (QED) is 0.420. The van der Waals surface area contributed by atoms with Gasteiger partial charge in [0.1, 0.15) is 5.75 Å². The summed E-state index contributed by atoms with van der Waals surface area (Å²) in [5, 5.41) is 14.0. The van der Waals surface area contributed by atoms with Gasteiger partial charge in [-0.2, -0.15) is 0 Å². The highest BCUT2D eigenvalue weighted by atomic mass is 16.7. The van der Waals surface area contributed by atoms with Crippen LogP contribution >= 0.6 is 0 Å². The van der Waals surface area contributed by atoms with Gasteiger partial charge in [-0.3, -0.25) is 19.7 Å². The second-order valence-corrected chi connectivity index (χ2v) is 6.33. The maximum atomic E-state index is 12.3. The molecule has 0 aromatic heterocycles. The third-order valence-corrected chi connectivity index (χ3v) is 4.23. The molecule has 1 aliphatic heterocycles. The van der Waals surface area contributed by atoms with Gasteiger partial charge in [-0.15, -0.1) is 0 Å². The minimum atomic E-state index is -0.572. The molecule has 2 amide bonds. The number of amides is 2. The average Bonchev–Trinajstić information content (AvgIpc) is 3.18. The molecule has 0 unspecified atom stereocenters. The summed E-state index contributed by atoms with van der Waals surface area (Å²) < 4.78 is 15.4. The van der Waals surface area contributed by atoms with Crippen LogP contribution in [0.5, 0.6) is 17.2 Å². The van der Waals surface area contributed by atoms with Crippen LogP contribution in [-0.2, 0) is 9.59 Å². The molecule has 0 bridgehead atoms. The highest BCUT2D eigenvalue weighted by Gasteiger charge is 2.22. The zero-order valence-corrected chi connectivity index (χ0v) is 16.3. The van der Waals surface area contributed by atoms with Gasteiger partial charge in [0.05, 0.1) is 30.2 Å². The van der Waals surface area contributed by atoms with Crippen LogP contribution in [0, 0.1) is 10.1 Å². The van der Waals surface area contributed by atoms with Gasteiger partial charge >= 0.3 is 0 Å². The summed E-state index contributed by atoms with van der Waals surface area (Å²) in [6.45, 7) is -0.229. The van der Waals surface area contributed by atoms with Crippen LogP contribution in [0.4, 0.5) is 11.4 Å². The van der Waals surface area contributed by atoms with Crippen molar-refractivity contribution in [3.05, 3.63) is 58.2 Å². The van der Waals surface area contributed by atoms with Crippen LogP contribution < -0.4 is 19.5 Å². The topological polar surface area (TPSA) is 120 Å². The Balaban J connectivity index is 1.64. The highest BCUT2D eigenvalue weighted by molar-refractivity contribution is 5.98. The summed E-state index contributed by atoms with van der Waals surface area (Å²) in [6.07, 6.45) is 2.46. The molecule has 2 aromatic carbocycles. The molecule has 10 nitrogen and oxygen atoms in total. The van der Waals surface area contributed by atoms with E-state index in [0.717, 1.165) is 6.08 Å². The fraction of sp³-hybridized carbons (Fsp3) is 0.200. The van der Waals surface area contributed by atoms with Gasteiger partial charge < -0.3 is 24.4 Å². The molecule has 0 saturated heterocycles. The van der Waals surface area contributed by atoms with E-state index in [1.165, 1.54) is 37.3 Å². The third-order valence-electron chi connectivity index (χ3n) is 4.23. The summed E-state index contributed by atoms with van der Waals surface area (Å²) in [5.74, 6) is 0.324. The monoisotopic (exact) mass is 413 g/mol. The van der Waals surface area contributed by atoms with Crippen LogP contribution in [0.1, 0.15) is 5.56 Å². The van der Waals surface area contributed by atoms with Crippen LogP contribution in [0.2, 0.25) is 0 Å². The van der Waals surface area contributed by atoms with E-state index in [0.29, 0.717) is 17.2 Å². The molecule has 1 heterocycles. The SMILES string of the molecule is COc1cccc(NC(=O)CN(C)C(=O)/C=C/c2cc3c(cc2[N+](=O)[O-])OCO3)c1. The second-order valence-electron chi connectivity index (χ2n) is 6.33. The molecule has 0 fully saturated rings. The Morgan fingerprint density at radius 2 is 2.00 bits per heavy atom. The van der Waals surface area contributed by atoms with E-state index in [9.17, 15) is 19.7 Å². The summed E-state index contributed by atoms with van der Waals surface area (Å²) >= 11 is 0. The van der Waals surface area contributed by atoms with Crippen LogP contribution in [0.25, 0.3) is 6.08 Å². The lowest BCUT2D eigenvalue weighted by molar-refractivity contribution is -0.385. The molecule has 0 aliphatic carbocycles. The summed E-state index contributed by atoms with van der Waals surface area (Å²) in [5.41, 5.74) is 0.500. The fourth-order valence-electron chi connectivity index (χ4n) is 2.72. The van der Waals surface area contributed by atoms with Gasteiger partial charge in [0.15, 0.2) is 11.5 Å². The summed E-state index contributed by atoms with van der Waals surface area (Å²) in [6, 6.07) is 9.49. The Kier molecular flexibility index (Phi) is 6.16. The van der Waals surface area contributed by atoms with Crippen LogP contribution in [-0.4, -0.2) is 49.1 Å². The third kappa shape index (κ3) is 4.85. The number of fused-ring (bicyclic) bond motifs is 1. The Labute approximate surface area is 171 Å². The lowest BCUT2D eigenvalue weighted by atomic mass is 10.1. The van der Waals surface area contributed by atoms with Crippen molar-refractivity contribution in [1.82, 2.24) is 4.90 Å². The zero-order chi connectivity index (χ0) is 21.7. The molecule has 156 valence electrons. The van der Waals surface area contributed by atoms with E-state index in [-0.39, 0.29) is 30.3 Å². The summed E-state index contributed by atoms with van der Waals surface area (Å²) in [4.78, 5) is 36.4. The zero-order valence-electron chi connectivity index (χ0n) is 16.3. The number of hydrogen-bond acceptors (Lipinski definition) is 7. The molecular weight excluding hydrogens is 394 g/mol. The number of carbonyl (C=O) groups excluding carboxylic acids is 2. The molecule has 1 aliphatic rings. The fourth-order valence-corrected chi connectivity index (χ4v) is 2.72. The Bertz CT molecular complexity index is 1020. The van der Waals surface area contributed by atoms with Crippen molar-refractivity contribution in [3.8, 4) is 17.2 Å². The van der Waals surface area contributed by atoms with Crippen molar-refractivity contribution in [2.45, 2.75) is 0 Å². The number of ether oxygens (including phenoxy) is 3. The van der Waals surface area contributed by atoms with E-state index in [4.69, 9.17) is 14.2 Å². The number of benzene rings is 2. The van der Waals surface area contributed by atoms with Gasteiger partial charge in [0.2, 0.25) is 18.6 Å². The van der Waals surface area contributed by atoms with Crippen molar-refractivity contribution in [3.63, 3.8) is 0 Å². The minimum absolute atomic E-state index is 0.0241. The maximum absolute atomic E-state index is 12.3. The Hall–Kier alpha value is -4.08. The number of nitrogens with one attached hydrogen (secondary N) is 1. The number of likely N-dealkylation sites (N-methyl/N-ethyl adjacent to an activating group) is 1. The van der Waals surface area contributed by atoms with E-state index in [1.807, 2.05) is 0 Å². The Morgan fingerprint density at radius 1 is 1.27 bits per heavy atom. The van der Waals surface area contributed by atoms with Gasteiger partial charge in [0, 0.05) is 24.9 Å². The average molecular weight is 413 g/mol. The van der Waals surface area contributed by atoms with Crippen molar-refractivity contribution < 1.29 is 28.7 Å². The smallest absolute Gasteiger partial charge is 0.280 e. The molecule has 1 N–H and O–H groups in total. The molecule has 10 heteroatoms. The molecule has 3 rings (SSSR count). The number of anilines is 1. The normalized spacial score (nSPS) is 11.9. The van der Waals surface area contributed by atoms with Crippen molar-refractivity contribution in [2.75, 3.05) is 32.8 Å². The number of hydrogen-bond donors (Lipinski definition) is 1. The number of nitro benzene ring substituents is 1. The van der Waals surface area contributed by atoms with Gasteiger partial charge in [-0.25, -0.2) is 0 Å². The first-order valence-corrected chi connectivity index (χ1v) is 8.82. The number of carbonyl (C=O) groups is 2. The lowest BCUT2D eigenvalue weighted by Crippen LogP contribution is -2.33. The van der Waals surface area contributed by atoms with E-state index >= 15 is 0 Å². The first-order chi connectivity index (χ1) is 14.4. The van der Waals surface area contributed by atoms with Crippen LogP contribution in [0.3, 0.4) is 0 Å². The van der Waals surface area contributed by atoms with Gasteiger partial charge in [-0.1, -0.05) is 6.07 Å². The molecule has 2 aromatic rings. The molecule has 0 spiro atoms. The lowest BCUT2D eigenvalue weighted by Gasteiger charge is -2.15. The first kappa shape index (κ1) is 20.6. The predicted octanol–water partition coefficient (Wildman–Crippen LogP) is 2.44. The van der Waals surface area contributed by atoms with Gasteiger partial charge in [0.25, 0.3) is 5.69 Å². The Morgan fingerprint density at radius 3 is 2.70 bits per heavy atom. The van der Waals surface area contributed by atoms with Crippen molar-refractivity contribution >= 4 is 29.3 Å². The largest absolute Gasteiger partial charge is 0.497 e. The van der Waals surface area contributed by atoms with Gasteiger partial charge in [-0.05, 0) is 24.3 Å². The van der Waals surface area contributed by atoms with E-state index in [1.54, 1.807) is 24.3 Å². The predicted molar refractivity (Wildman–Crippen MR) is 108 cm³/mol. The number of rotatable bonds is 7. The maximum Gasteiger partial charge on any atom is 0.280 e. The molecule has 30 heavy (non-hydrogen) atoms. The van der Waals surface area contributed by atoms with Crippen molar-refractivity contribution in [1.29, 1.82) is 0 Å². The number of nitro groups is 1. The van der Waals surface area contributed by atoms with Crippen LogP contribution in [0.15, 0.2) is 42.5 Å². The highest BCUT2D eigenvalue weighted by Crippen LogP contribution is 2.38. The summed E-state index contributed by atoms with van der Waals surface area (Å²) in [7, 11) is 2.97.